The van der Waals surface area contributed by atoms with Crippen molar-refractivity contribution in [1.29, 1.82) is 0 Å². The number of anilines is 3. The summed E-state index contributed by atoms with van der Waals surface area (Å²) < 4.78 is 6.07. The third-order valence-corrected chi connectivity index (χ3v) is 8.83. The summed E-state index contributed by atoms with van der Waals surface area (Å²) in [4.78, 5) is 14.1. The predicted octanol–water partition coefficient (Wildman–Crippen LogP) is 2.05. The lowest BCUT2D eigenvalue weighted by atomic mass is 9.92. The molecule has 6 heterocycles. The van der Waals surface area contributed by atoms with Crippen molar-refractivity contribution in [2.24, 2.45) is 0 Å². The molecule has 2 atom stereocenters. The highest BCUT2D eigenvalue weighted by atomic mass is 16.5. The molecule has 41 heavy (non-hydrogen) atoms. The van der Waals surface area contributed by atoms with E-state index in [0.717, 1.165) is 76.6 Å². The first-order valence-corrected chi connectivity index (χ1v) is 14.4. The van der Waals surface area contributed by atoms with Crippen LogP contribution in [0.5, 0.6) is 5.75 Å². The number of fused-ring (bicyclic) bond motifs is 2. The lowest BCUT2D eigenvalue weighted by Gasteiger charge is -2.53. The Morgan fingerprint density at radius 2 is 1.88 bits per heavy atom. The Morgan fingerprint density at radius 1 is 1.07 bits per heavy atom. The van der Waals surface area contributed by atoms with Gasteiger partial charge in [-0.3, -0.25) is 4.90 Å². The Labute approximate surface area is 240 Å². The second-order valence-electron chi connectivity index (χ2n) is 11.8. The molecule has 212 valence electrons. The SMILES string of the molecule is CN1CCOC2(C1)CN(CC#Cc1cc(N3C4CCC3CN(c3cc(-c5ccccc5O)nnc3N)C4)ccn1)C2. The maximum atomic E-state index is 10.3. The molecule has 4 aliphatic rings. The molecule has 4 saturated heterocycles. The van der Waals surface area contributed by atoms with E-state index in [-0.39, 0.29) is 11.4 Å². The van der Waals surface area contributed by atoms with Crippen molar-refractivity contribution in [3.05, 3.63) is 54.4 Å². The largest absolute Gasteiger partial charge is 0.507 e. The number of piperazine rings is 1. The predicted molar refractivity (Wildman–Crippen MR) is 159 cm³/mol. The number of morpholine rings is 1. The van der Waals surface area contributed by atoms with Crippen molar-refractivity contribution in [1.82, 2.24) is 25.0 Å². The first kappa shape index (κ1) is 26.0. The molecule has 4 aliphatic heterocycles. The van der Waals surface area contributed by atoms with Crippen LogP contribution < -0.4 is 15.5 Å². The summed E-state index contributed by atoms with van der Waals surface area (Å²) in [6.45, 7) is 7.11. The fraction of sp³-hybridized carbons (Fsp3) is 0.452. The first-order chi connectivity index (χ1) is 20.0. The molecule has 4 fully saturated rings. The first-order valence-electron chi connectivity index (χ1n) is 14.4. The number of hydrogen-bond acceptors (Lipinski definition) is 10. The second kappa shape index (κ2) is 10.5. The molecule has 3 aromatic rings. The van der Waals surface area contributed by atoms with Crippen LogP contribution in [0.15, 0.2) is 48.7 Å². The minimum absolute atomic E-state index is 0.00382. The normalized spacial score (nSPS) is 23.7. The minimum Gasteiger partial charge on any atom is -0.507 e. The van der Waals surface area contributed by atoms with Gasteiger partial charge in [-0.2, -0.15) is 0 Å². The van der Waals surface area contributed by atoms with Gasteiger partial charge in [0.1, 0.15) is 17.0 Å². The molecule has 2 aromatic heterocycles. The summed E-state index contributed by atoms with van der Waals surface area (Å²) in [5, 5.41) is 18.8. The van der Waals surface area contributed by atoms with Crippen molar-refractivity contribution in [2.45, 2.75) is 30.5 Å². The van der Waals surface area contributed by atoms with Gasteiger partial charge in [-0.15, -0.1) is 10.2 Å². The molecule has 10 heteroatoms. The van der Waals surface area contributed by atoms with E-state index in [1.54, 1.807) is 12.1 Å². The van der Waals surface area contributed by atoms with Crippen LogP contribution in [0.3, 0.4) is 0 Å². The summed E-state index contributed by atoms with van der Waals surface area (Å²) in [5.74, 6) is 7.22. The third-order valence-electron chi connectivity index (χ3n) is 8.83. The van der Waals surface area contributed by atoms with E-state index in [0.29, 0.717) is 29.2 Å². The molecular weight excluding hydrogens is 516 g/mol. The van der Waals surface area contributed by atoms with Gasteiger partial charge in [0, 0.05) is 68.8 Å². The average Bonchev–Trinajstić information content (AvgIpc) is 3.22. The molecule has 0 radical (unpaired) electrons. The molecule has 0 amide bonds. The molecule has 2 bridgehead atoms. The van der Waals surface area contributed by atoms with Crippen LogP contribution >= 0.6 is 0 Å². The van der Waals surface area contributed by atoms with Crippen LogP contribution in [0.4, 0.5) is 17.2 Å². The average molecular weight is 553 g/mol. The third kappa shape index (κ3) is 5.05. The van der Waals surface area contributed by atoms with Crippen molar-refractivity contribution < 1.29 is 9.84 Å². The standard InChI is InChI=1S/C31H36N8O2/c1-36-13-14-41-31(19-36)20-37(21-31)12-4-5-22-15-23(10-11-33-22)39-24-8-9-25(39)18-38(17-24)28-16-27(34-35-30(28)32)26-6-2-3-7-29(26)40/h2-3,6-7,10-11,15-16,24-25,40H,8-9,12-14,17-21H2,1H3,(H2,32,35). The summed E-state index contributed by atoms with van der Waals surface area (Å²) in [7, 11) is 2.16. The maximum Gasteiger partial charge on any atom is 0.169 e. The molecule has 0 saturated carbocycles. The molecule has 3 N–H and O–H groups in total. The zero-order chi connectivity index (χ0) is 28.0. The van der Waals surface area contributed by atoms with Crippen LogP contribution in [-0.2, 0) is 4.74 Å². The van der Waals surface area contributed by atoms with E-state index in [1.165, 1.54) is 5.69 Å². The van der Waals surface area contributed by atoms with Gasteiger partial charge < -0.3 is 30.3 Å². The van der Waals surface area contributed by atoms with Gasteiger partial charge in [-0.05, 0) is 56.1 Å². The van der Waals surface area contributed by atoms with Crippen molar-refractivity contribution in [3.63, 3.8) is 0 Å². The Bertz CT molecular complexity index is 1480. The number of ether oxygens (including phenoxy) is 1. The zero-order valence-electron chi connectivity index (χ0n) is 23.4. The number of benzene rings is 1. The van der Waals surface area contributed by atoms with E-state index in [4.69, 9.17) is 10.5 Å². The molecule has 1 aromatic carbocycles. The number of hydrogen-bond donors (Lipinski definition) is 2. The number of rotatable bonds is 4. The van der Waals surface area contributed by atoms with Gasteiger partial charge in [0.15, 0.2) is 5.82 Å². The van der Waals surface area contributed by atoms with Gasteiger partial charge in [-0.25, -0.2) is 4.98 Å². The van der Waals surface area contributed by atoms with E-state index in [9.17, 15) is 5.11 Å². The van der Waals surface area contributed by atoms with Crippen LogP contribution in [0, 0.1) is 11.8 Å². The highest BCUT2D eigenvalue weighted by Crippen LogP contribution is 2.39. The van der Waals surface area contributed by atoms with Crippen LogP contribution in [-0.4, -0.2) is 107 Å². The molecule has 2 unspecified atom stereocenters. The number of phenols is 1. The van der Waals surface area contributed by atoms with Gasteiger partial charge in [0.05, 0.1) is 24.5 Å². The van der Waals surface area contributed by atoms with Crippen molar-refractivity contribution in [2.75, 3.05) is 75.0 Å². The molecular formula is C31H36N8O2. The van der Waals surface area contributed by atoms with Gasteiger partial charge >= 0.3 is 0 Å². The Morgan fingerprint density at radius 3 is 2.66 bits per heavy atom. The van der Waals surface area contributed by atoms with Crippen LogP contribution in [0.1, 0.15) is 18.5 Å². The summed E-state index contributed by atoms with van der Waals surface area (Å²) >= 11 is 0. The number of pyridine rings is 1. The topological polar surface area (TPSA) is 107 Å². The molecule has 10 nitrogen and oxygen atoms in total. The summed E-state index contributed by atoms with van der Waals surface area (Å²) in [6.07, 6.45) is 4.10. The number of likely N-dealkylation sites (N-methyl/N-ethyl adjacent to an activating group) is 1. The number of nitrogen functional groups attached to an aromatic ring is 1. The van der Waals surface area contributed by atoms with E-state index >= 15 is 0 Å². The zero-order valence-corrected chi connectivity index (χ0v) is 23.4. The molecule has 0 aliphatic carbocycles. The Balaban J connectivity index is 1.02. The Hall–Kier alpha value is -3.91. The number of likely N-dealkylation sites (tertiary alicyclic amines) is 1. The highest BCUT2D eigenvalue weighted by molar-refractivity contribution is 5.74. The summed E-state index contributed by atoms with van der Waals surface area (Å²) in [5.41, 5.74) is 10.4. The van der Waals surface area contributed by atoms with Crippen LogP contribution in [0.25, 0.3) is 11.3 Å². The van der Waals surface area contributed by atoms with Crippen LogP contribution in [0.2, 0.25) is 0 Å². The van der Waals surface area contributed by atoms with E-state index in [2.05, 4.69) is 65.8 Å². The second-order valence-corrected chi connectivity index (χ2v) is 11.8. The van der Waals surface area contributed by atoms with E-state index < -0.39 is 0 Å². The fourth-order valence-corrected chi connectivity index (χ4v) is 6.98. The minimum atomic E-state index is -0.00382. The fourth-order valence-electron chi connectivity index (χ4n) is 6.98. The lowest BCUT2D eigenvalue weighted by molar-refractivity contribution is -0.176. The van der Waals surface area contributed by atoms with Crippen molar-refractivity contribution >= 4 is 17.2 Å². The van der Waals surface area contributed by atoms with E-state index in [1.807, 2.05) is 24.4 Å². The number of nitrogens with two attached hydrogens (primary N) is 1. The monoisotopic (exact) mass is 552 g/mol. The molecule has 7 rings (SSSR count). The number of nitrogens with zero attached hydrogens (tertiary/aromatic N) is 7. The number of aromatic nitrogens is 3. The number of phenolic OH excluding ortho intramolecular Hbond substituents is 1. The number of para-hydroxylation sites is 1. The van der Waals surface area contributed by atoms with Gasteiger partial charge in [0.25, 0.3) is 0 Å². The smallest absolute Gasteiger partial charge is 0.169 e. The highest BCUT2D eigenvalue weighted by Gasteiger charge is 2.46. The quantitative estimate of drug-likeness (QED) is 0.467. The lowest BCUT2D eigenvalue weighted by Crippen LogP contribution is -2.69. The number of aromatic hydroxyl groups is 1. The van der Waals surface area contributed by atoms with Gasteiger partial charge in [0.2, 0.25) is 0 Å². The maximum absolute atomic E-state index is 10.3. The Kier molecular flexibility index (Phi) is 6.66. The van der Waals surface area contributed by atoms with Gasteiger partial charge in [-0.1, -0.05) is 18.1 Å². The summed E-state index contributed by atoms with van der Waals surface area (Å²) in [6, 6.07) is 14.1. The van der Waals surface area contributed by atoms with Crippen molar-refractivity contribution in [3.8, 4) is 28.8 Å². The molecule has 1 spiro atoms.